The Hall–Kier alpha value is -1.97. The van der Waals surface area contributed by atoms with Crippen molar-refractivity contribution in [2.75, 3.05) is 11.5 Å². The molecular formula is C9H11N3O. The molecule has 1 aromatic rings. The highest BCUT2D eigenvalue weighted by Crippen LogP contribution is 2.20. The van der Waals surface area contributed by atoms with E-state index in [9.17, 15) is 4.79 Å². The number of rotatable bonds is 2. The minimum absolute atomic E-state index is 0.458. The Bertz CT molecular complexity index is 358. The molecule has 1 rings (SSSR count). The molecule has 0 atom stereocenters. The monoisotopic (exact) mass is 177 g/mol. The molecule has 0 aliphatic rings. The van der Waals surface area contributed by atoms with Crippen LogP contribution < -0.4 is 17.2 Å². The van der Waals surface area contributed by atoms with Crippen molar-refractivity contribution < 1.29 is 4.79 Å². The fourth-order valence-corrected chi connectivity index (χ4v) is 0.919. The average molecular weight is 177 g/mol. The highest BCUT2D eigenvalue weighted by atomic mass is 16.1. The van der Waals surface area contributed by atoms with E-state index >= 15 is 0 Å². The number of benzene rings is 1. The average Bonchev–Trinajstić information content (AvgIpc) is 2.07. The lowest BCUT2D eigenvalue weighted by atomic mass is 10.1. The Morgan fingerprint density at radius 2 is 2.00 bits per heavy atom. The lowest BCUT2D eigenvalue weighted by Gasteiger charge is -2.02. The van der Waals surface area contributed by atoms with Gasteiger partial charge in [-0.15, -0.1) is 0 Å². The molecule has 0 aliphatic carbocycles. The molecule has 13 heavy (non-hydrogen) atoms. The predicted molar refractivity (Wildman–Crippen MR) is 53.5 cm³/mol. The van der Waals surface area contributed by atoms with Crippen molar-refractivity contribution in [1.29, 1.82) is 0 Å². The summed E-state index contributed by atoms with van der Waals surface area (Å²) in [7, 11) is 0. The lowest BCUT2D eigenvalue weighted by Crippen LogP contribution is -2.05. The number of hydrogen-bond acceptors (Lipinski definition) is 3. The number of primary amides is 1. The second kappa shape index (κ2) is 3.62. The highest BCUT2D eigenvalue weighted by Gasteiger charge is 1.97. The molecule has 0 aliphatic heterocycles. The SMILES string of the molecule is NC(=O)C=Cc1cccc(N)c1N. The van der Waals surface area contributed by atoms with Crippen LogP contribution in [0.5, 0.6) is 0 Å². The molecule has 4 nitrogen and oxygen atoms in total. The Morgan fingerprint density at radius 3 is 2.62 bits per heavy atom. The standard InChI is InChI=1S/C9H11N3O/c10-7-3-1-2-6(9(7)12)4-5-8(11)13/h1-5H,10,12H2,(H2,11,13). The highest BCUT2D eigenvalue weighted by molar-refractivity contribution is 5.92. The van der Waals surface area contributed by atoms with E-state index in [0.717, 1.165) is 0 Å². The van der Waals surface area contributed by atoms with Gasteiger partial charge in [-0.25, -0.2) is 0 Å². The molecule has 0 fully saturated rings. The maximum atomic E-state index is 10.4. The van der Waals surface area contributed by atoms with Crippen LogP contribution in [0.1, 0.15) is 5.56 Å². The molecular weight excluding hydrogens is 166 g/mol. The molecule has 0 saturated heterocycles. The van der Waals surface area contributed by atoms with Crippen LogP contribution in [0.25, 0.3) is 6.08 Å². The van der Waals surface area contributed by atoms with E-state index in [2.05, 4.69) is 0 Å². The first-order valence-electron chi connectivity index (χ1n) is 3.72. The van der Waals surface area contributed by atoms with Crippen LogP contribution in [-0.4, -0.2) is 5.91 Å². The van der Waals surface area contributed by atoms with E-state index in [1.165, 1.54) is 12.2 Å². The van der Waals surface area contributed by atoms with Gasteiger partial charge in [0.15, 0.2) is 0 Å². The molecule has 0 bridgehead atoms. The summed E-state index contributed by atoms with van der Waals surface area (Å²) in [5, 5.41) is 0. The maximum absolute atomic E-state index is 10.4. The number of nitrogens with two attached hydrogens (primary N) is 3. The summed E-state index contributed by atoms with van der Waals surface area (Å²) in [6.07, 6.45) is 2.78. The van der Waals surface area contributed by atoms with Crippen molar-refractivity contribution in [1.82, 2.24) is 0 Å². The van der Waals surface area contributed by atoms with Gasteiger partial charge >= 0.3 is 0 Å². The molecule has 68 valence electrons. The van der Waals surface area contributed by atoms with E-state index in [1.807, 2.05) is 0 Å². The van der Waals surface area contributed by atoms with Gasteiger partial charge in [0, 0.05) is 6.08 Å². The third kappa shape index (κ3) is 2.23. The molecule has 0 spiro atoms. The number of hydrogen-bond donors (Lipinski definition) is 3. The van der Waals surface area contributed by atoms with E-state index in [-0.39, 0.29) is 0 Å². The van der Waals surface area contributed by atoms with Gasteiger partial charge in [0.2, 0.25) is 5.91 Å². The van der Waals surface area contributed by atoms with Gasteiger partial charge < -0.3 is 17.2 Å². The second-order valence-electron chi connectivity index (χ2n) is 2.59. The molecule has 1 amide bonds. The predicted octanol–water partition coefficient (Wildman–Crippen LogP) is 0.350. The van der Waals surface area contributed by atoms with E-state index < -0.39 is 5.91 Å². The van der Waals surface area contributed by atoms with Crippen LogP contribution in [0.2, 0.25) is 0 Å². The van der Waals surface area contributed by atoms with Gasteiger partial charge in [-0.1, -0.05) is 12.1 Å². The Labute approximate surface area is 76.0 Å². The number of para-hydroxylation sites is 1. The van der Waals surface area contributed by atoms with Crippen LogP contribution in [-0.2, 0) is 4.79 Å². The first kappa shape index (κ1) is 9.12. The first-order chi connectivity index (χ1) is 6.11. The summed E-state index contributed by atoms with van der Waals surface area (Å²) in [6, 6.07) is 5.20. The van der Waals surface area contributed by atoms with Crippen LogP contribution in [0.4, 0.5) is 11.4 Å². The van der Waals surface area contributed by atoms with Crippen molar-refractivity contribution in [2.45, 2.75) is 0 Å². The van der Waals surface area contributed by atoms with Crippen LogP contribution in [0.3, 0.4) is 0 Å². The fourth-order valence-electron chi connectivity index (χ4n) is 0.919. The molecule has 0 unspecified atom stereocenters. The quantitative estimate of drug-likeness (QED) is 0.449. The van der Waals surface area contributed by atoms with E-state index in [4.69, 9.17) is 17.2 Å². The number of anilines is 2. The van der Waals surface area contributed by atoms with Crippen LogP contribution in [0.15, 0.2) is 24.3 Å². The van der Waals surface area contributed by atoms with Crippen molar-refractivity contribution in [3.63, 3.8) is 0 Å². The molecule has 0 radical (unpaired) electrons. The third-order valence-corrected chi connectivity index (χ3v) is 1.60. The zero-order valence-electron chi connectivity index (χ0n) is 7.03. The third-order valence-electron chi connectivity index (χ3n) is 1.60. The number of nitrogen functional groups attached to an aromatic ring is 2. The summed E-state index contributed by atoms with van der Waals surface area (Å²) >= 11 is 0. The first-order valence-corrected chi connectivity index (χ1v) is 3.72. The van der Waals surface area contributed by atoms with E-state index in [0.29, 0.717) is 16.9 Å². The molecule has 4 heteroatoms. The topological polar surface area (TPSA) is 95.1 Å². The minimum Gasteiger partial charge on any atom is -0.397 e. The molecule has 0 aromatic heterocycles. The van der Waals surface area contributed by atoms with Gasteiger partial charge in [-0.05, 0) is 17.7 Å². The summed E-state index contributed by atoms with van der Waals surface area (Å²) in [5.41, 5.74) is 17.8. The van der Waals surface area contributed by atoms with Crippen molar-refractivity contribution in [3.05, 3.63) is 29.8 Å². The van der Waals surface area contributed by atoms with Crippen molar-refractivity contribution in [3.8, 4) is 0 Å². The largest absolute Gasteiger partial charge is 0.397 e. The van der Waals surface area contributed by atoms with Crippen molar-refractivity contribution in [2.24, 2.45) is 5.73 Å². The Morgan fingerprint density at radius 1 is 1.31 bits per heavy atom. The zero-order valence-corrected chi connectivity index (χ0v) is 7.03. The summed E-state index contributed by atoms with van der Waals surface area (Å²) in [6.45, 7) is 0. The molecule has 1 aromatic carbocycles. The number of carbonyl (C=O) groups excluding carboxylic acids is 1. The molecule has 6 N–H and O–H groups in total. The zero-order chi connectivity index (χ0) is 9.84. The summed E-state index contributed by atoms with van der Waals surface area (Å²) < 4.78 is 0. The van der Waals surface area contributed by atoms with E-state index in [1.54, 1.807) is 18.2 Å². The van der Waals surface area contributed by atoms with Crippen LogP contribution >= 0.6 is 0 Å². The van der Waals surface area contributed by atoms with Gasteiger partial charge in [0.25, 0.3) is 0 Å². The summed E-state index contributed by atoms with van der Waals surface area (Å²) in [5.74, 6) is -0.512. The van der Waals surface area contributed by atoms with Crippen LogP contribution in [0, 0.1) is 0 Å². The minimum atomic E-state index is -0.512. The number of amides is 1. The number of carbonyl (C=O) groups is 1. The second-order valence-corrected chi connectivity index (χ2v) is 2.59. The van der Waals surface area contributed by atoms with Crippen molar-refractivity contribution >= 4 is 23.4 Å². The lowest BCUT2D eigenvalue weighted by molar-refractivity contribution is -0.113. The Balaban J connectivity index is 3.02. The van der Waals surface area contributed by atoms with Gasteiger partial charge in [-0.3, -0.25) is 4.79 Å². The van der Waals surface area contributed by atoms with Gasteiger partial charge in [-0.2, -0.15) is 0 Å². The fraction of sp³-hybridized carbons (Fsp3) is 0. The maximum Gasteiger partial charge on any atom is 0.241 e. The van der Waals surface area contributed by atoms with Gasteiger partial charge in [0.05, 0.1) is 11.4 Å². The normalized spacial score (nSPS) is 10.5. The smallest absolute Gasteiger partial charge is 0.241 e. The molecule has 0 saturated carbocycles. The Kier molecular flexibility index (Phi) is 2.54. The molecule has 0 heterocycles. The summed E-state index contributed by atoms with van der Waals surface area (Å²) in [4.78, 5) is 10.4. The van der Waals surface area contributed by atoms with Gasteiger partial charge in [0.1, 0.15) is 0 Å².